The summed E-state index contributed by atoms with van der Waals surface area (Å²) in [7, 11) is 0. The molecule has 3 heteroatoms. The minimum absolute atomic E-state index is 0.0989. The lowest BCUT2D eigenvalue weighted by atomic mass is 9.82. The third-order valence-electron chi connectivity index (χ3n) is 3.34. The van der Waals surface area contributed by atoms with Gasteiger partial charge in [0, 0.05) is 18.6 Å². The molecule has 1 unspecified atom stereocenters. The van der Waals surface area contributed by atoms with Gasteiger partial charge in [-0.05, 0) is 44.9 Å². The molecule has 1 aliphatic rings. The van der Waals surface area contributed by atoms with Crippen LogP contribution in [0.4, 0.5) is 0 Å². The van der Waals surface area contributed by atoms with Gasteiger partial charge < -0.3 is 10.4 Å². The highest BCUT2D eigenvalue weighted by molar-refractivity contribution is 5.78. The fourth-order valence-corrected chi connectivity index (χ4v) is 2.15. The van der Waals surface area contributed by atoms with Gasteiger partial charge in [0.1, 0.15) is 0 Å². The van der Waals surface area contributed by atoms with Gasteiger partial charge in [-0.2, -0.15) is 0 Å². The van der Waals surface area contributed by atoms with Crippen LogP contribution in [-0.4, -0.2) is 23.7 Å². The highest BCUT2D eigenvalue weighted by Crippen LogP contribution is 2.28. The van der Waals surface area contributed by atoms with E-state index in [9.17, 15) is 4.79 Å². The zero-order valence-corrected chi connectivity index (χ0v) is 9.83. The maximum absolute atomic E-state index is 11.8. The van der Waals surface area contributed by atoms with E-state index < -0.39 is 0 Å². The highest BCUT2D eigenvalue weighted by Gasteiger charge is 2.24. The van der Waals surface area contributed by atoms with Gasteiger partial charge >= 0.3 is 0 Å². The molecule has 0 aromatic carbocycles. The fraction of sp³-hybridized carbons (Fsp3) is 0.917. The average molecular weight is 213 g/mol. The van der Waals surface area contributed by atoms with Crippen LogP contribution in [0.5, 0.6) is 0 Å². The Kier molecular flexibility index (Phi) is 5.09. The molecule has 0 bridgehead atoms. The lowest BCUT2D eigenvalue weighted by Crippen LogP contribution is -2.38. The van der Waals surface area contributed by atoms with Crippen LogP contribution in [0.3, 0.4) is 0 Å². The molecule has 1 saturated carbocycles. The van der Waals surface area contributed by atoms with Gasteiger partial charge in [-0.3, -0.25) is 4.79 Å². The van der Waals surface area contributed by atoms with Crippen LogP contribution >= 0.6 is 0 Å². The SMILES string of the molecule is CC1CCC(C(=O)NC(C)CCO)CC1. The number of aliphatic hydroxyl groups is 1. The number of carbonyl (C=O) groups is 1. The van der Waals surface area contributed by atoms with Crippen LogP contribution in [-0.2, 0) is 4.79 Å². The number of hydrogen-bond donors (Lipinski definition) is 2. The van der Waals surface area contributed by atoms with E-state index in [1.165, 1.54) is 12.8 Å². The van der Waals surface area contributed by atoms with Gasteiger partial charge in [0.25, 0.3) is 0 Å². The van der Waals surface area contributed by atoms with E-state index in [1.54, 1.807) is 0 Å². The Bertz CT molecular complexity index is 198. The normalized spacial score (nSPS) is 28.5. The topological polar surface area (TPSA) is 49.3 Å². The van der Waals surface area contributed by atoms with Crippen LogP contribution in [0.25, 0.3) is 0 Å². The molecule has 2 N–H and O–H groups in total. The smallest absolute Gasteiger partial charge is 0.223 e. The van der Waals surface area contributed by atoms with Crippen LogP contribution in [0, 0.1) is 11.8 Å². The van der Waals surface area contributed by atoms with Crippen LogP contribution < -0.4 is 5.32 Å². The molecule has 15 heavy (non-hydrogen) atoms. The number of nitrogens with one attached hydrogen (secondary N) is 1. The molecule has 0 aromatic rings. The predicted molar refractivity (Wildman–Crippen MR) is 60.4 cm³/mol. The first-order valence-corrected chi connectivity index (χ1v) is 6.04. The second kappa shape index (κ2) is 6.11. The van der Waals surface area contributed by atoms with Crippen molar-refractivity contribution in [3.63, 3.8) is 0 Å². The van der Waals surface area contributed by atoms with Crippen LogP contribution in [0.2, 0.25) is 0 Å². The molecule has 1 fully saturated rings. The van der Waals surface area contributed by atoms with Crippen molar-refractivity contribution < 1.29 is 9.90 Å². The van der Waals surface area contributed by atoms with Gasteiger partial charge in [0.05, 0.1) is 0 Å². The number of hydrogen-bond acceptors (Lipinski definition) is 2. The Balaban J connectivity index is 2.27. The van der Waals surface area contributed by atoms with E-state index in [0.717, 1.165) is 18.8 Å². The molecule has 88 valence electrons. The maximum Gasteiger partial charge on any atom is 0.223 e. The van der Waals surface area contributed by atoms with Crippen molar-refractivity contribution in [3.8, 4) is 0 Å². The number of carbonyl (C=O) groups excluding carboxylic acids is 1. The second-order valence-electron chi connectivity index (χ2n) is 4.88. The first-order chi connectivity index (χ1) is 7.13. The first-order valence-electron chi connectivity index (χ1n) is 6.04. The monoisotopic (exact) mass is 213 g/mol. The largest absolute Gasteiger partial charge is 0.396 e. The zero-order valence-electron chi connectivity index (χ0n) is 9.83. The Morgan fingerprint density at radius 1 is 1.40 bits per heavy atom. The Hall–Kier alpha value is -0.570. The van der Waals surface area contributed by atoms with Crippen molar-refractivity contribution in [1.29, 1.82) is 0 Å². The second-order valence-corrected chi connectivity index (χ2v) is 4.88. The minimum atomic E-state index is 0.0989. The molecule has 0 aliphatic heterocycles. The van der Waals surface area contributed by atoms with Crippen molar-refractivity contribution in [2.24, 2.45) is 11.8 Å². The quantitative estimate of drug-likeness (QED) is 0.746. The fourth-order valence-electron chi connectivity index (χ4n) is 2.15. The molecular weight excluding hydrogens is 190 g/mol. The summed E-state index contributed by atoms with van der Waals surface area (Å²) in [5.74, 6) is 1.18. The summed E-state index contributed by atoms with van der Waals surface area (Å²) in [4.78, 5) is 11.8. The minimum Gasteiger partial charge on any atom is -0.396 e. The summed E-state index contributed by atoms with van der Waals surface area (Å²) in [6, 6.07) is 0.0989. The first kappa shape index (κ1) is 12.5. The summed E-state index contributed by atoms with van der Waals surface area (Å²) in [6.07, 6.45) is 5.05. The third kappa shape index (κ3) is 4.20. The van der Waals surface area contributed by atoms with Gasteiger partial charge in [-0.1, -0.05) is 6.92 Å². The lowest BCUT2D eigenvalue weighted by molar-refractivity contribution is -0.126. The van der Waals surface area contributed by atoms with Gasteiger partial charge in [0.15, 0.2) is 0 Å². The third-order valence-corrected chi connectivity index (χ3v) is 3.34. The Labute approximate surface area is 92.3 Å². The Morgan fingerprint density at radius 3 is 2.53 bits per heavy atom. The van der Waals surface area contributed by atoms with Crippen molar-refractivity contribution in [2.75, 3.05) is 6.61 Å². The predicted octanol–water partition coefficient (Wildman–Crippen LogP) is 1.70. The molecule has 0 spiro atoms. The molecule has 3 nitrogen and oxygen atoms in total. The molecule has 1 aliphatic carbocycles. The van der Waals surface area contributed by atoms with Crippen molar-refractivity contribution in [1.82, 2.24) is 5.32 Å². The van der Waals surface area contributed by atoms with E-state index in [2.05, 4.69) is 12.2 Å². The number of rotatable bonds is 4. The van der Waals surface area contributed by atoms with Crippen LogP contribution in [0.15, 0.2) is 0 Å². The lowest BCUT2D eigenvalue weighted by Gasteiger charge is -2.26. The van der Waals surface area contributed by atoms with Crippen molar-refractivity contribution in [3.05, 3.63) is 0 Å². The van der Waals surface area contributed by atoms with E-state index in [0.29, 0.717) is 6.42 Å². The summed E-state index contributed by atoms with van der Waals surface area (Å²) in [5, 5.41) is 11.7. The van der Waals surface area contributed by atoms with Crippen LogP contribution in [0.1, 0.15) is 46.0 Å². The van der Waals surface area contributed by atoms with Gasteiger partial charge in [-0.15, -0.1) is 0 Å². The number of aliphatic hydroxyl groups excluding tert-OH is 1. The summed E-state index contributed by atoms with van der Waals surface area (Å²) in [6.45, 7) is 4.34. The summed E-state index contributed by atoms with van der Waals surface area (Å²) >= 11 is 0. The zero-order chi connectivity index (χ0) is 11.3. The molecule has 1 amide bonds. The van der Waals surface area contributed by atoms with Gasteiger partial charge in [0.2, 0.25) is 5.91 Å². The molecule has 1 rings (SSSR count). The average Bonchev–Trinajstić information content (AvgIpc) is 2.18. The number of amides is 1. The molecular formula is C12H23NO2. The maximum atomic E-state index is 11.8. The summed E-state index contributed by atoms with van der Waals surface area (Å²) in [5.41, 5.74) is 0. The van der Waals surface area contributed by atoms with Crippen molar-refractivity contribution >= 4 is 5.91 Å². The van der Waals surface area contributed by atoms with E-state index in [-0.39, 0.29) is 24.5 Å². The molecule has 1 atom stereocenters. The van der Waals surface area contributed by atoms with E-state index in [1.807, 2.05) is 6.92 Å². The molecule has 0 radical (unpaired) electrons. The molecule has 0 aromatic heterocycles. The molecule has 0 heterocycles. The molecule has 0 saturated heterocycles. The van der Waals surface area contributed by atoms with E-state index >= 15 is 0 Å². The highest BCUT2D eigenvalue weighted by atomic mass is 16.3. The van der Waals surface area contributed by atoms with E-state index in [4.69, 9.17) is 5.11 Å². The Morgan fingerprint density at radius 2 is 2.00 bits per heavy atom. The standard InChI is InChI=1S/C12H23NO2/c1-9-3-5-11(6-4-9)12(15)13-10(2)7-8-14/h9-11,14H,3-8H2,1-2H3,(H,13,15). The van der Waals surface area contributed by atoms with Crippen molar-refractivity contribution in [2.45, 2.75) is 52.0 Å². The summed E-state index contributed by atoms with van der Waals surface area (Å²) < 4.78 is 0. The van der Waals surface area contributed by atoms with Gasteiger partial charge in [-0.25, -0.2) is 0 Å².